The average Bonchev–Trinajstić information content (AvgIpc) is 2.49. The Morgan fingerprint density at radius 1 is 1.62 bits per heavy atom. The number of hydrogen-bond donors (Lipinski definition) is 2. The van der Waals surface area contributed by atoms with Crippen LogP contribution >= 0.6 is 0 Å². The molecular formula is C9H10N2O2. The Morgan fingerprint density at radius 2 is 2.38 bits per heavy atom. The van der Waals surface area contributed by atoms with Crippen LogP contribution in [0.25, 0.3) is 0 Å². The summed E-state index contributed by atoms with van der Waals surface area (Å²) in [7, 11) is 0. The van der Waals surface area contributed by atoms with E-state index in [-0.39, 0.29) is 5.92 Å². The monoisotopic (exact) mass is 178 g/mol. The lowest BCUT2D eigenvalue weighted by atomic mass is 10.1. The van der Waals surface area contributed by atoms with Crippen molar-refractivity contribution in [3.63, 3.8) is 0 Å². The Balaban J connectivity index is 2.35. The first-order chi connectivity index (χ1) is 6.18. The van der Waals surface area contributed by atoms with Gasteiger partial charge in [-0.3, -0.25) is 4.79 Å². The minimum absolute atomic E-state index is 0.318. The molecule has 1 aromatic rings. The van der Waals surface area contributed by atoms with Crippen molar-refractivity contribution in [3.8, 4) is 0 Å². The molecule has 0 aliphatic heterocycles. The molecule has 1 aliphatic rings. The number of pyridine rings is 1. The van der Waals surface area contributed by atoms with Gasteiger partial charge in [-0.05, 0) is 30.0 Å². The van der Waals surface area contributed by atoms with Gasteiger partial charge in [0.25, 0.3) is 0 Å². The fraction of sp³-hybridized carbons (Fsp3) is 0.333. The number of carboxylic acid groups (broad SMARTS) is 1. The van der Waals surface area contributed by atoms with Crippen molar-refractivity contribution in [2.75, 3.05) is 5.73 Å². The lowest BCUT2D eigenvalue weighted by molar-refractivity contribution is -0.141. The molecule has 4 heteroatoms. The molecule has 0 spiro atoms. The van der Waals surface area contributed by atoms with Gasteiger partial charge >= 0.3 is 5.97 Å². The second kappa shape index (κ2) is 2.73. The predicted molar refractivity (Wildman–Crippen MR) is 47.2 cm³/mol. The summed E-state index contributed by atoms with van der Waals surface area (Å²) in [5.41, 5.74) is 7.57. The number of nitrogen functional groups attached to an aromatic ring is 1. The summed E-state index contributed by atoms with van der Waals surface area (Å²) >= 11 is 0. The van der Waals surface area contributed by atoms with Crippen LogP contribution in [0.3, 0.4) is 0 Å². The molecule has 1 atom stereocenters. The van der Waals surface area contributed by atoms with Gasteiger partial charge in [0.15, 0.2) is 0 Å². The average molecular weight is 178 g/mol. The van der Waals surface area contributed by atoms with Crippen LogP contribution in [0.2, 0.25) is 0 Å². The number of nitrogens with zero attached hydrogens (tertiary/aromatic N) is 1. The van der Waals surface area contributed by atoms with Gasteiger partial charge in [-0.1, -0.05) is 0 Å². The molecule has 1 aliphatic carbocycles. The van der Waals surface area contributed by atoms with Crippen molar-refractivity contribution in [2.45, 2.75) is 12.8 Å². The molecule has 3 N–H and O–H groups in total. The van der Waals surface area contributed by atoms with E-state index >= 15 is 0 Å². The van der Waals surface area contributed by atoms with Gasteiger partial charge in [0.1, 0.15) is 5.82 Å². The number of rotatable bonds is 1. The SMILES string of the molecule is Nc1nccc2c1CC(C(=O)O)C2. The molecule has 0 amide bonds. The van der Waals surface area contributed by atoms with Crippen molar-refractivity contribution < 1.29 is 9.90 Å². The number of aromatic nitrogens is 1. The van der Waals surface area contributed by atoms with E-state index in [0.717, 1.165) is 11.1 Å². The molecule has 0 fully saturated rings. The Labute approximate surface area is 75.4 Å². The highest BCUT2D eigenvalue weighted by molar-refractivity contribution is 5.73. The maximum absolute atomic E-state index is 10.7. The zero-order valence-electron chi connectivity index (χ0n) is 7.03. The Kier molecular flexibility index (Phi) is 1.69. The number of carboxylic acids is 1. The molecule has 1 aromatic heterocycles. The summed E-state index contributed by atoms with van der Waals surface area (Å²) in [5, 5.41) is 8.82. The van der Waals surface area contributed by atoms with E-state index in [2.05, 4.69) is 4.98 Å². The molecule has 0 radical (unpaired) electrons. The van der Waals surface area contributed by atoms with Crippen molar-refractivity contribution in [1.29, 1.82) is 0 Å². The Bertz CT molecular complexity index is 363. The zero-order chi connectivity index (χ0) is 9.42. The minimum Gasteiger partial charge on any atom is -0.481 e. The van der Waals surface area contributed by atoms with E-state index in [9.17, 15) is 4.79 Å². The van der Waals surface area contributed by atoms with Gasteiger partial charge in [-0.15, -0.1) is 0 Å². The van der Waals surface area contributed by atoms with Gasteiger partial charge in [0, 0.05) is 6.20 Å². The highest BCUT2D eigenvalue weighted by atomic mass is 16.4. The first-order valence-electron chi connectivity index (χ1n) is 4.13. The van der Waals surface area contributed by atoms with Crippen LogP contribution in [0.15, 0.2) is 12.3 Å². The summed E-state index contributed by atoms with van der Waals surface area (Å²) < 4.78 is 0. The minimum atomic E-state index is -0.754. The van der Waals surface area contributed by atoms with Gasteiger partial charge in [0.05, 0.1) is 5.92 Å². The van der Waals surface area contributed by atoms with E-state index in [1.165, 1.54) is 0 Å². The largest absolute Gasteiger partial charge is 0.481 e. The third-order valence-corrected chi connectivity index (χ3v) is 2.45. The van der Waals surface area contributed by atoms with E-state index in [0.29, 0.717) is 18.7 Å². The predicted octanol–water partition coefficient (Wildman–Crippen LogP) is 0.463. The van der Waals surface area contributed by atoms with Crippen LogP contribution in [0.4, 0.5) is 5.82 Å². The first-order valence-corrected chi connectivity index (χ1v) is 4.13. The summed E-state index contributed by atoms with van der Waals surface area (Å²) in [5.74, 6) is -0.599. The van der Waals surface area contributed by atoms with Crippen molar-refractivity contribution in [1.82, 2.24) is 4.98 Å². The molecular weight excluding hydrogens is 168 g/mol. The quantitative estimate of drug-likeness (QED) is 0.655. The highest BCUT2D eigenvalue weighted by Crippen LogP contribution is 2.29. The third-order valence-electron chi connectivity index (χ3n) is 2.45. The standard InChI is InChI=1S/C9H10N2O2/c10-8-7-4-6(9(12)13)3-5(7)1-2-11-8/h1-2,6H,3-4H2,(H2,10,11)(H,12,13). The number of nitrogens with two attached hydrogens (primary N) is 1. The summed E-state index contributed by atoms with van der Waals surface area (Å²) in [6, 6.07) is 1.84. The molecule has 0 saturated heterocycles. The summed E-state index contributed by atoms with van der Waals surface area (Å²) in [4.78, 5) is 14.6. The van der Waals surface area contributed by atoms with E-state index in [4.69, 9.17) is 10.8 Å². The molecule has 13 heavy (non-hydrogen) atoms. The Hall–Kier alpha value is -1.58. The molecule has 0 bridgehead atoms. The third kappa shape index (κ3) is 1.24. The highest BCUT2D eigenvalue weighted by Gasteiger charge is 2.28. The van der Waals surface area contributed by atoms with Crippen LogP contribution in [0.5, 0.6) is 0 Å². The van der Waals surface area contributed by atoms with Crippen molar-refractivity contribution in [2.24, 2.45) is 5.92 Å². The lowest BCUT2D eigenvalue weighted by Crippen LogP contribution is -2.13. The summed E-state index contributed by atoms with van der Waals surface area (Å²) in [6.45, 7) is 0. The summed E-state index contributed by atoms with van der Waals surface area (Å²) in [6.07, 6.45) is 2.72. The van der Waals surface area contributed by atoms with Gasteiger partial charge in [-0.2, -0.15) is 0 Å². The topological polar surface area (TPSA) is 76.2 Å². The van der Waals surface area contributed by atoms with E-state index in [1.807, 2.05) is 6.07 Å². The van der Waals surface area contributed by atoms with E-state index < -0.39 is 5.97 Å². The fourth-order valence-corrected chi connectivity index (χ4v) is 1.74. The van der Waals surface area contributed by atoms with Crippen molar-refractivity contribution in [3.05, 3.63) is 23.4 Å². The normalized spacial score (nSPS) is 19.8. The smallest absolute Gasteiger partial charge is 0.307 e. The number of hydrogen-bond acceptors (Lipinski definition) is 3. The van der Waals surface area contributed by atoms with Gasteiger partial charge in [-0.25, -0.2) is 4.98 Å². The van der Waals surface area contributed by atoms with Crippen LogP contribution in [0, 0.1) is 5.92 Å². The number of aliphatic carboxylic acids is 1. The van der Waals surface area contributed by atoms with E-state index in [1.54, 1.807) is 6.20 Å². The maximum atomic E-state index is 10.7. The Morgan fingerprint density at radius 3 is 3.00 bits per heavy atom. The number of carbonyl (C=O) groups is 1. The van der Waals surface area contributed by atoms with Gasteiger partial charge in [0.2, 0.25) is 0 Å². The van der Waals surface area contributed by atoms with Crippen LogP contribution in [-0.2, 0) is 17.6 Å². The van der Waals surface area contributed by atoms with Crippen molar-refractivity contribution >= 4 is 11.8 Å². The molecule has 0 saturated carbocycles. The maximum Gasteiger partial charge on any atom is 0.307 e. The number of anilines is 1. The van der Waals surface area contributed by atoms with Crippen LogP contribution in [0.1, 0.15) is 11.1 Å². The van der Waals surface area contributed by atoms with Crippen LogP contribution < -0.4 is 5.73 Å². The van der Waals surface area contributed by atoms with Crippen LogP contribution in [-0.4, -0.2) is 16.1 Å². The molecule has 2 rings (SSSR count). The molecule has 0 aromatic carbocycles. The fourth-order valence-electron chi connectivity index (χ4n) is 1.74. The zero-order valence-corrected chi connectivity index (χ0v) is 7.03. The first kappa shape index (κ1) is 8.04. The lowest BCUT2D eigenvalue weighted by Gasteiger charge is -2.00. The second-order valence-corrected chi connectivity index (χ2v) is 3.28. The molecule has 1 heterocycles. The number of fused-ring (bicyclic) bond motifs is 1. The molecule has 1 unspecified atom stereocenters. The molecule has 4 nitrogen and oxygen atoms in total. The molecule has 68 valence electrons. The van der Waals surface area contributed by atoms with Gasteiger partial charge < -0.3 is 10.8 Å². The second-order valence-electron chi connectivity index (χ2n) is 3.28.